The van der Waals surface area contributed by atoms with Gasteiger partial charge in [0.25, 0.3) is 0 Å². The number of carbonyl (C=O) groups excluding carboxylic acids is 1. The summed E-state index contributed by atoms with van der Waals surface area (Å²) < 4.78 is 32.6. The maximum Gasteiger partial charge on any atom is 0.362 e. The lowest BCUT2D eigenvalue weighted by Gasteiger charge is -2.05. The van der Waals surface area contributed by atoms with Crippen molar-refractivity contribution in [1.29, 1.82) is 0 Å². The van der Waals surface area contributed by atoms with E-state index in [1.165, 1.54) is 47.7 Å². The maximum absolute atomic E-state index is 11.0. The summed E-state index contributed by atoms with van der Waals surface area (Å²) in [4.78, 5) is 22.9. The zero-order valence-electron chi connectivity index (χ0n) is 15.1. The number of para-hydroxylation sites is 1. The molecular weight excluding hydrogens is 386 g/mol. The number of rotatable bonds is 3. The van der Waals surface area contributed by atoms with Gasteiger partial charge in [0.1, 0.15) is 0 Å². The molecule has 2 aromatic rings. The molecule has 2 aliphatic rings. The topological polar surface area (TPSA) is 132 Å². The predicted octanol–water partition coefficient (Wildman–Crippen LogP) is 0.933. The lowest BCUT2D eigenvalue weighted by Crippen LogP contribution is -2.21. The molecule has 1 aliphatic heterocycles. The van der Waals surface area contributed by atoms with Gasteiger partial charge in [-0.15, -0.1) is 0 Å². The maximum atomic E-state index is 11.0. The van der Waals surface area contributed by atoms with Gasteiger partial charge in [-0.1, -0.05) is 22.6 Å². The largest absolute Gasteiger partial charge is 0.481 e. The Hall–Kier alpha value is -3.60. The fraction of sp³-hybridized carbons (Fsp3) is 0.176. The Morgan fingerprint density at radius 1 is 1.14 bits per heavy atom. The molecule has 0 saturated heterocycles. The molecule has 1 aliphatic carbocycles. The molecule has 2 amide bonds. The van der Waals surface area contributed by atoms with Gasteiger partial charge in [-0.3, -0.25) is 10.3 Å². The molecule has 1 aromatic carbocycles. The summed E-state index contributed by atoms with van der Waals surface area (Å²) in [5.41, 5.74) is 3.80. The summed E-state index contributed by atoms with van der Waals surface area (Å²) in [5.74, 6) is 0.117. The van der Waals surface area contributed by atoms with Crippen molar-refractivity contribution in [3.8, 4) is 11.8 Å². The van der Waals surface area contributed by atoms with Gasteiger partial charge >= 0.3 is 16.5 Å². The van der Waals surface area contributed by atoms with Crippen LogP contribution in [-0.4, -0.2) is 38.6 Å². The monoisotopic (exact) mass is 401 g/mol. The fourth-order valence-electron chi connectivity index (χ4n) is 2.64. The Balaban J connectivity index is 0.000000173. The molecule has 1 N–H and O–H groups in total. The number of nitrogens with one attached hydrogen (secondary N) is 1. The standard InChI is InChI=1S/C10H7N.C7H8N4O5S/c1-6-9-5-7-3-2-4-8(9)10(7)11-6;1-15-4-3-5(16-2)9-6(8-4)10-7(12)11-17(13)14/h2-5H,1H3;3H,1-2H3,(H,8,9,10,12). The van der Waals surface area contributed by atoms with E-state index in [4.69, 9.17) is 9.47 Å². The van der Waals surface area contributed by atoms with E-state index in [1.807, 2.05) is 5.32 Å². The van der Waals surface area contributed by atoms with Gasteiger partial charge in [-0.2, -0.15) is 18.4 Å². The Labute approximate surface area is 161 Å². The van der Waals surface area contributed by atoms with Crippen LogP contribution in [-0.2, 0) is 10.5 Å². The zero-order valence-corrected chi connectivity index (χ0v) is 15.9. The lowest BCUT2D eigenvalue weighted by molar-refractivity contribution is 0.259. The number of ether oxygens (including phenoxy) is 2. The molecule has 10 nitrogen and oxygen atoms in total. The van der Waals surface area contributed by atoms with Crippen LogP contribution in [0.25, 0.3) is 11.6 Å². The van der Waals surface area contributed by atoms with Crippen molar-refractivity contribution in [1.82, 2.24) is 9.97 Å². The van der Waals surface area contributed by atoms with Crippen LogP contribution >= 0.6 is 0 Å². The third kappa shape index (κ3) is 4.04. The minimum Gasteiger partial charge on any atom is -0.481 e. The van der Waals surface area contributed by atoms with Gasteiger partial charge in [0, 0.05) is 22.1 Å². The van der Waals surface area contributed by atoms with Gasteiger partial charge in [0.05, 0.1) is 25.6 Å². The smallest absolute Gasteiger partial charge is 0.362 e. The van der Waals surface area contributed by atoms with Gasteiger partial charge in [-0.25, -0.2) is 4.79 Å². The number of allylic oxidation sites excluding steroid dienone is 2. The number of hydrogen-bond donors (Lipinski definition) is 1. The molecule has 11 heteroatoms. The fourth-order valence-corrected chi connectivity index (χ4v) is 2.82. The van der Waals surface area contributed by atoms with Crippen LogP contribution in [0.3, 0.4) is 0 Å². The average molecular weight is 401 g/mol. The van der Waals surface area contributed by atoms with Crippen molar-refractivity contribution < 1.29 is 22.7 Å². The van der Waals surface area contributed by atoms with Gasteiger partial charge < -0.3 is 9.47 Å². The first-order chi connectivity index (χ1) is 13.4. The van der Waals surface area contributed by atoms with E-state index >= 15 is 0 Å². The molecule has 0 radical (unpaired) electrons. The Kier molecular flexibility index (Phi) is 5.45. The number of carbonyl (C=O) groups is 1. The Morgan fingerprint density at radius 3 is 2.39 bits per heavy atom. The van der Waals surface area contributed by atoms with E-state index in [-0.39, 0.29) is 17.7 Å². The molecule has 0 fully saturated rings. The van der Waals surface area contributed by atoms with Crippen LogP contribution in [0.5, 0.6) is 11.8 Å². The first-order valence-corrected chi connectivity index (χ1v) is 8.94. The highest BCUT2D eigenvalue weighted by atomic mass is 32.2. The first-order valence-electron chi connectivity index (χ1n) is 7.91. The molecular formula is C17H15N5O5S. The second kappa shape index (κ2) is 7.96. The molecule has 0 unspecified atom stereocenters. The summed E-state index contributed by atoms with van der Waals surface area (Å²) in [5, 5.41) is 4.50. The van der Waals surface area contributed by atoms with E-state index < -0.39 is 16.5 Å². The molecule has 2 heterocycles. The van der Waals surface area contributed by atoms with Crippen LogP contribution in [0.2, 0.25) is 0 Å². The quantitative estimate of drug-likeness (QED) is 0.809. The second-order valence-electron chi connectivity index (χ2n) is 5.51. The van der Waals surface area contributed by atoms with Crippen LogP contribution in [0.4, 0.5) is 10.7 Å². The molecule has 4 bridgehead atoms. The molecule has 0 atom stereocenters. The Bertz CT molecular complexity index is 1220. The number of nitrogens with zero attached hydrogens (tertiary/aromatic N) is 4. The average Bonchev–Trinajstić information content (AvgIpc) is 3.05. The summed E-state index contributed by atoms with van der Waals surface area (Å²) in [6, 6.07) is 6.61. The minimum absolute atomic E-state index is 0.149. The van der Waals surface area contributed by atoms with Crippen molar-refractivity contribution in [2.24, 2.45) is 9.36 Å². The number of benzene rings is 1. The third-order valence-corrected chi connectivity index (χ3v) is 4.12. The van der Waals surface area contributed by atoms with Crippen molar-refractivity contribution in [2.75, 3.05) is 19.5 Å². The summed E-state index contributed by atoms with van der Waals surface area (Å²) in [6.45, 7) is 2.06. The van der Waals surface area contributed by atoms with E-state index in [1.54, 1.807) is 0 Å². The van der Waals surface area contributed by atoms with E-state index in [2.05, 4.69) is 50.5 Å². The van der Waals surface area contributed by atoms with E-state index in [9.17, 15) is 13.2 Å². The van der Waals surface area contributed by atoms with Gasteiger partial charge in [0.15, 0.2) is 0 Å². The van der Waals surface area contributed by atoms with Crippen molar-refractivity contribution >= 4 is 34.1 Å². The molecule has 28 heavy (non-hydrogen) atoms. The highest BCUT2D eigenvalue weighted by molar-refractivity contribution is 7.62. The van der Waals surface area contributed by atoms with E-state index in [0.717, 1.165) is 0 Å². The SMILES string of the molecule is CC1=C2C=c3cccc2c3=N1.COc1cc(OC)nc(NC(=O)N=S(=O)=O)n1. The molecule has 4 rings (SSSR count). The number of anilines is 1. The van der Waals surface area contributed by atoms with Gasteiger partial charge in [0.2, 0.25) is 17.7 Å². The van der Waals surface area contributed by atoms with Crippen LogP contribution in [0, 0.1) is 0 Å². The zero-order chi connectivity index (χ0) is 20.3. The number of hydrogen-bond acceptors (Lipinski definition) is 8. The first kappa shape index (κ1) is 19.2. The lowest BCUT2D eigenvalue weighted by atomic mass is 10.1. The van der Waals surface area contributed by atoms with Crippen LogP contribution < -0.4 is 25.4 Å². The Morgan fingerprint density at radius 2 is 1.82 bits per heavy atom. The minimum atomic E-state index is -2.84. The van der Waals surface area contributed by atoms with Crippen LogP contribution in [0.15, 0.2) is 39.3 Å². The van der Waals surface area contributed by atoms with E-state index in [0.29, 0.717) is 0 Å². The molecule has 1 aromatic heterocycles. The summed E-state index contributed by atoms with van der Waals surface area (Å²) in [6.07, 6.45) is 2.22. The second-order valence-corrected chi connectivity index (χ2v) is 6.13. The number of urea groups is 1. The predicted molar refractivity (Wildman–Crippen MR) is 99.8 cm³/mol. The van der Waals surface area contributed by atoms with Gasteiger partial charge in [-0.05, 0) is 13.0 Å². The highest BCUT2D eigenvalue weighted by Crippen LogP contribution is 2.24. The molecule has 0 spiro atoms. The number of methoxy groups -OCH3 is 2. The van der Waals surface area contributed by atoms with Crippen molar-refractivity contribution in [2.45, 2.75) is 6.92 Å². The molecule has 0 saturated carbocycles. The van der Waals surface area contributed by atoms with Crippen molar-refractivity contribution in [3.63, 3.8) is 0 Å². The number of aromatic nitrogens is 2. The number of amides is 2. The summed E-state index contributed by atoms with van der Waals surface area (Å²) >= 11 is 0. The normalized spacial score (nSPS) is 12.2. The third-order valence-electron chi connectivity index (χ3n) is 3.80. The van der Waals surface area contributed by atoms with Crippen LogP contribution in [0.1, 0.15) is 12.5 Å². The summed E-state index contributed by atoms with van der Waals surface area (Å²) in [7, 11) is -0.108. The molecule has 144 valence electrons. The highest BCUT2D eigenvalue weighted by Gasteiger charge is 2.17. The van der Waals surface area contributed by atoms with Crippen molar-refractivity contribution in [3.05, 3.63) is 46.1 Å².